The molecule has 4 rings (SSSR count). The van der Waals surface area contributed by atoms with E-state index in [0.717, 1.165) is 0 Å². The Kier molecular flexibility index (Phi) is 8.60. The molecule has 4 aromatic rings. The van der Waals surface area contributed by atoms with Gasteiger partial charge in [-0.05, 0) is 67.6 Å². The van der Waals surface area contributed by atoms with Crippen molar-refractivity contribution in [2.45, 2.75) is 6.92 Å². The molecule has 0 radical (unpaired) electrons. The molecule has 1 N–H and O–H groups in total. The summed E-state index contributed by atoms with van der Waals surface area (Å²) in [5.41, 5.74) is 3.92. The first-order chi connectivity index (χ1) is 18.5. The largest absolute Gasteiger partial charge is 0.494 e. The quantitative estimate of drug-likeness (QED) is 0.143. The fourth-order valence-electron chi connectivity index (χ4n) is 3.34. The molecule has 0 saturated heterocycles. The molecule has 0 unspecified atom stereocenters. The number of hydrogen-bond acceptors (Lipinski definition) is 7. The summed E-state index contributed by atoms with van der Waals surface area (Å²) in [7, 11) is 0. The van der Waals surface area contributed by atoms with Crippen LogP contribution in [0, 0.1) is 0 Å². The maximum Gasteiger partial charge on any atom is 0.343 e. The molecule has 0 aliphatic rings. The summed E-state index contributed by atoms with van der Waals surface area (Å²) in [5, 5.41) is 4.00. The molecule has 38 heavy (non-hydrogen) atoms. The molecule has 0 aliphatic carbocycles. The van der Waals surface area contributed by atoms with Crippen molar-refractivity contribution in [1.29, 1.82) is 0 Å². The number of nitrogens with one attached hydrogen (secondary N) is 1. The third kappa shape index (κ3) is 6.92. The van der Waals surface area contributed by atoms with Crippen LogP contribution in [-0.2, 0) is 0 Å². The number of carbonyl (C=O) groups is 3. The van der Waals surface area contributed by atoms with Crippen LogP contribution in [0.2, 0.25) is 0 Å². The summed E-state index contributed by atoms with van der Waals surface area (Å²) in [6, 6.07) is 28.1. The SMILES string of the molecule is CCOc1ccc(C(=O)N/N=C/c2ccc(OC(=O)c3ccccc3)cc2OC(=O)c2ccccc2)cc1. The highest BCUT2D eigenvalue weighted by molar-refractivity contribution is 5.96. The molecule has 0 atom stereocenters. The van der Waals surface area contributed by atoms with Crippen LogP contribution in [0.3, 0.4) is 0 Å². The Balaban J connectivity index is 1.52. The van der Waals surface area contributed by atoms with Crippen molar-refractivity contribution in [3.63, 3.8) is 0 Å². The van der Waals surface area contributed by atoms with Crippen LogP contribution >= 0.6 is 0 Å². The van der Waals surface area contributed by atoms with Gasteiger partial charge in [-0.15, -0.1) is 0 Å². The Hall–Kier alpha value is -5.24. The number of hydrogen-bond donors (Lipinski definition) is 1. The van der Waals surface area contributed by atoms with Gasteiger partial charge >= 0.3 is 11.9 Å². The minimum atomic E-state index is -0.606. The first-order valence-electron chi connectivity index (χ1n) is 11.8. The number of ether oxygens (including phenoxy) is 3. The number of carbonyl (C=O) groups excluding carboxylic acids is 3. The van der Waals surface area contributed by atoms with Crippen LogP contribution in [0.1, 0.15) is 43.6 Å². The molecule has 0 aliphatic heterocycles. The third-order valence-electron chi connectivity index (χ3n) is 5.21. The lowest BCUT2D eigenvalue weighted by atomic mass is 10.2. The molecule has 0 bridgehead atoms. The van der Waals surface area contributed by atoms with Gasteiger partial charge in [0.1, 0.15) is 17.2 Å². The Morgan fingerprint density at radius 2 is 1.29 bits per heavy atom. The van der Waals surface area contributed by atoms with E-state index in [-0.39, 0.29) is 11.5 Å². The molecule has 8 nitrogen and oxygen atoms in total. The lowest BCUT2D eigenvalue weighted by molar-refractivity contribution is 0.0732. The van der Waals surface area contributed by atoms with Crippen LogP contribution in [0.4, 0.5) is 0 Å². The van der Waals surface area contributed by atoms with E-state index in [2.05, 4.69) is 10.5 Å². The Labute approximate surface area is 219 Å². The van der Waals surface area contributed by atoms with Crippen molar-refractivity contribution in [2.75, 3.05) is 6.61 Å². The van der Waals surface area contributed by atoms with Crippen molar-refractivity contribution in [3.8, 4) is 17.2 Å². The predicted molar refractivity (Wildman–Crippen MR) is 142 cm³/mol. The molecule has 4 aromatic carbocycles. The number of rotatable bonds is 9. The number of amides is 1. The first kappa shape index (κ1) is 25.8. The van der Waals surface area contributed by atoms with Gasteiger partial charge in [-0.1, -0.05) is 36.4 Å². The van der Waals surface area contributed by atoms with Crippen molar-refractivity contribution in [2.24, 2.45) is 5.10 Å². The van der Waals surface area contributed by atoms with Gasteiger partial charge < -0.3 is 14.2 Å². The second-order valence-electron chi connectivity index (χ2n) is 7.87. The van der Waals surface area contributed by atoms with Gasteiger partial charge in [-0.2, -0.15) is 5.10 Å². The van der Waals surface area contributed by atoms with Crippen molar-refractivity contribution in [1.82, 2.24) is 5.43 Å². The average molecular weight is 509 g/mol. The normalized spacial score (nSPS) is 10.6. The zero-order chi connectivity index (χ0) is 26.7. The number of esters is 2. The second-order valence-corrected chi connectivity index (χ2v) is 7.87. The Morgan fingerprint density at radius 3 is 1.89 bits per heavy atom. The van der Waals surface area contributed by atoms with Gasteiger partial charge in [0.2, 0.25) is 0 Å². The zero-order valence-corrected chi connectivity index (χ0v) is 20.5. The Bertz CT molecular complexity index is 1440. The summed E-state index contributed by atoms with van der Waals surface area (Å²) in [6.45, 7) is 2.40. The van der Waals surface area contributed by atoms with Gasteiger partial charge in [-0.3, -0.25) is 4.79 Å². The second kappa shape index (κ2) is 12.6. The van der Waals surface area contributed by atoms with Gasteiger partial charge in [0.05, 0.1) is 23.9 Å². The molecule has 0 fully saturated rings. The van der Waals surface area contributed by atoms with E-state index in [1.54, 1.807) is 91.0 Å². The maximum absolute atomic E-state index is 12.7. The van der Waals surface area contributed by atoms with Crippen LogP contribution < -0.4 is 19.6 Å². The van der Waals surface area contributed by atoms with E-state index in [9.17, 15) is 14.4 Å². The fourth-order valence-corrected chi connectivity index (χ4v) is 3.34. The number of hydrazone groups is 1. The molecular weight excluding hydrogens is 484 g/mol. The highest BCUT2D eigenvalue weighted by Gasteiger charge is 2.15. The van der Waals surface area contributed by atoms with Gasteiger partial charge in [-0.25, -0.2) is 15.0 Å². The highest BCUT2D eigenvalue weighted by Crippen LogP contribution is 2.26. The standard InChI is InChI=1S/C30H24N2O6/c1-2-36-25-16-13-21(14-17-25)28(33)32-31-20-24-15-18-26(37-29(34)22-9-5-3-6-10-22)19-27(24)38-30(35)23-11-7-4-8-12-23/h3-20H,2H2,1H3,(H,32,33)/b31-20+. The maximum atomic E-state index is 12.7. The lowest BCUT2D eigenvalue weighted by Gasteiger charge is -2.10. The van der Waals surface area contributed by atoms with Gasteiger partial charge in [0.25, 0.3) is 5.91 Å². The van der Waals surface area contributed by atoms with E-state index in [1.807, 2.05) is 6.92 Å². The number of nitrogens with zero attached hydrogens (tertiary/aromatic N) is 1. The van der Waals surface area contributed by atoms with Crippen LogP contribution in [0.15, 0.2) is 108 Å². The summed E-state index contributed by atoms with van der Waals surface area (Å²) in [5.74, 6) is -0.673. The van der Waals surface area contributed by atoms with Crippen molar-refractivity contribution in [3.05, 3.63) is 125 Å². The van der Waals surface area contributed by atoms with Crippen LogP contribution in [0.25, 0.3) is 0 Å². The molecular formula is C30H24N2O6. The monoisotopic (exact) mass is 508 g/mol. The summed E-state index contributed by atoms with van der Waals surface area (Å²) >= 11 is 0. The molecule has 0 aromatic heterocycles. The molecule has 8 heteroatoms. The summed E-state index contributed by atoms with van der Waals surface area (Å²) < 4.78 is 16.4. The Morgan fingerprint density at radius 1 is 0.711 bits per heavy atom. The van der Waals surface area contributed by atoms with Gasteiger partial charge in [0, 0.05) is 17.2 Å². The predicted octanol–water partition coefficient (Wildman–Crippen LogP) is 5.29. The zero-order valence-electron chi connectivity index (χ0n) is 20.5. The minimum Gasteiger partial charge on any atom is -0.494 e. The van der Waals surface area contributed by atoms with E-state index in [4.69, 9.17) is 14.2 Å². The average Bonchev–Trinajstić information content (AvgIpc) is 2.95. The number of benzene rings is 4. The van der Waals surface area contributed by atoms with Crippen molar-refractivity contribution < 1.29 is 28.6 Å². The molecule has 1 amide bonds. The summed E-state index contributed by atoms with van der Waals surface area (Å²) in [6.07, 6.45) is 1.34. The molecule has 0 saturated carbocycles. The van der Waals surface area contributed by atoms with Crippen molar-refractivity contribution >= 4 is 24.1 Å². The van der Waals surface area contributed by atoms with E-state index in [0.29, 0.717) is 34.6 Å². The molecule has 0 heterocycles. The molecule has 0 spiro atoms. The first-order valence-corrected chi connectivity index (χ1v) is 11.8. The molecule has 190 valence electrons. The highest BCUT2D eigenvalue weighted by atomic mass is 16.5. The third-order valence-corrected chi connectivity index (χ3v) is 5.21. The minimum absolute atomic E-state index is 0.0938. The summed E-state index contributed by atoms with van der Waals surface area (Å²) in [4.78, 5) is 37.6. The van der Waals surface area contributed by atoms with Gasteiger partial charge in [0.15, 0.2) is 0 Å². The smallest absolute Gasteiger partial charge is 0.343 e. The topological polar surface area (TPSA) is 103 Å². The lowest BCUT2D eigenvalue weighted by Crippen LogP contribution is -2.17. The van der Waals surface area contributed by atoms with E-state index < -0.39 is 17.8 Å². The van der Waals surface area contributed by atoms with Crippen LogP contribution in [-0.4, -0.2) is 30.7 Å². The fraction of sp³-hybridized carbons (Fsp3) is 0.0667. The van der Waals surface area contributed by atoms with E-state index in [1.165, 1.54) is 18.3 Å². The van der Waals surface area contributed by atoms with E-state index >= 15 is 0 Å². The van der Waals surface area contributed by atoms with Crippen LogP contribution in [0.5, 0.6) is 17.2 Å².